The van der Waals surface area contributed by atoms with Crippen LogP contribution in [0.15, 0.2) is 59.5 Å². The average molecular weight is 281 g/mol. The summed E-state index contributed by atoms with van der Waals surface area (Å²) in [4.78, 5) is 5.46. The number of hydrogen-bond donors (Lipinski definition) is 1. The lowest BCUT2D eigenvalue weighted by Crippen LogP contribution is -1.90. The largest absolute Gasteiger partial charge is 0.507 e. The van der Waals surface area contributed by atoms with Crippen LogP contribution in [0.25, 0.3) is 10.9 Å². The summed E-state index contributed by atoms with van der Waals surface area (Å²) in [5.41, 5.74) is 3.30. The first-order valence-corrected chi connectivity index (χ1v) is 7.48. The van der Waals surface area contributed by atoms with E-state index in [4.69, 9.17) is 0 Å². The second-order valence-electron chi connectivity index (χ2n) is 4.70. The normalized spacial score (nSPS) is 10.8. The van der Waals surface area contributed by atoms with E-state index in [1.165, 1.54) is 10.9 Å². The lowest BCUT2D eigenvalue weighted by Gasteiger charge is -2.08. The summed E-state index contributed by atoms with van der Waals surface area (Å²) in [6.45, 7) is 2.01. The molecule has 1 N–H and O–H groups in total. The highest BCUT2D eigenvalue weighted by atomic mass is 32.2. The predicted molar refractivity (Wildman–Crippen MR) is 84.1 cm³/mol. The van der Waals surface area contributed by atoms with Crippen molar-refractivity contribution in [1.29, 1.82) is 0 Å². The molecule has 0 bridgehead atoms. The van der Waals surface area contributed by atoms with Gasteiger partial charge in [-0.2, -0.15) is 0 Å². The quantitative estimate of drug-likeness (QED) is 0.715. The second-order valence-corrected chi connectivity index (χ2v) is 5.71. The van der Waals surface area contributed by atoms with Crippen molar-refractivity contribution in [1.82, 2.24) is 4.98 Å². The van der Waals surface area contributed by atoms with Crippen molar-refractivity contribution in [3.05, 3.63) is 65.9 Å². The smallest absolute Gasteiger partial charge is 0.129 e. The third kappa shape index (κ3) is 2.63. The number of nitrogens with zero attached hydrogens (tertiary/aromatic N) is 1. The second kappa shape index (κ2) is 5.55. The van der Waals surface area contributed by atoms with Gasteiger partial charge in [-0.1, -0.05) is 30.3 Å². The van der Waals surface area contributed by atoms with Crippen LogP contribution in [0.4, 0.5) is 0 Å². The van der Waals surface area contributed by atoms with Crippen LogP contribution in [0.2, 0.25) is 0 Å². The maximum absolute atomic E-state index is 9.82. The van der Waals surface area contributed by atoms with Gasteiger partial charge in [0.1, 0.15) is 5.75 Å². The summed E-state index contributed by atoms with van der Waals surface area (Å²) in [5.74, 6) is 1.16. The van der Waals surface area contributed by atoms with Gasteiger partial charge in [0.15, 0.2) is 0 Å². The first-order valence-electron chi connectivity index (χ1n) is 6.50. The molecule has 0 aliphatic heterocycles. The van der Waals surface area contributed by atoms with Gasteiger partial charge in [0, 0.05) is 21.7 Å². The van der Waals surface area contributed by atoms with Gasteiger partial charge >= 0.3 is 0 Å². The van der Waals surface area contributed by atoms with Gasteiger partial charge in [0.25, 0.3) is 0 Å². The Kier molecular flexibility index (Phi) is 3.61. The third-order valence-corrected chi connectivity index (χ3v) is 4.29. The summed E-state index contributed by atoms with van der Waals surface area (Å²) in [5, 5.41) is 11.0. The number of aromatic hydroxyl groups is 1. The van der Waals surface area contributed by atoms with E-state index in [1.807, 2.05) is 43.3 Å². The Bertz CT molecular complexity index is 755. The van der Waals surface area contributed by atoms with Crippen LogP contribution >= 0.6 is 11.8 Å². The van der Waals surface area contributed by atoms with Gasteiger partial charge in [0.05, 0.1) is 5.52 Å². The molecular formula is C17H15NOS. The van der Waals surface area contributed by atoms with Crippen molar-refractivity contribution in [3.8, 4) is 5.75 Å². The first-order chi connectivity index (χ1) is 9.74. The van der Waals surface area contributed by atoms with E-state index in [0.717, 1.165) is 21.9 Å². The topological polar surface area (TPSA) is 33.1 Å². The molecule has 1 aromatic heterocycles. The number of para-hydroxylation sites is 2. The Morgan fingerprint density at radius 3 is 2.65 bits per heavy atom. The SMILES string of the molecule is Cc1cc(CSc2ccccc2O)c2ccccc2n1. The number of fused-ring (bicyclic) bond motifs is 1. The van der Waals surface area contributed by atoms with Crippen molar-refractivity contribution >= 4 is 22.7 Å². The number of rotatable bonds is 3. The van der Waals surface area contributed by atoms with Crippen LogP contribution in [0.1, 0.15) is 11.3 Å². The van der Waals surface area contributed by atoms with Gasteiger partial charge in [-0.25, -0.2) is 0 Å². The summed E-state index contributed by atoms with van der Waals surface area (Å²) in [6, 6.07) is 17.7. The standard InChI is InChI=1S/C17H15NOS/c1-12-10-13(14-6-2-3-7-15(14)18-12)11-20-17-9-5-4-8-16(17)19/h2-10,19H,11H2,1H3. The molecule has 0 spiro atoms. The number of phenolic OH excluding ortho intramolecular Hbond substituents is 1. The summed E-state index contributed by atoms with van der Waals surface area (Å²) in [7, 11) is 0. The number of pyridine rings is 1. The zero-order chi connectivity index (χ0) is 13.9. The van der Waals surface area contributed by atoms with Crippen molar-refractivity contribution in [2.75, 3.05) is 0 Å². The lowest BCUT2D eigenvalue weighted by molar-refractivity contribution is 0.462. The van der Waals surface area contributed by atoms with Gasteiger partial charge in [-0.05, 0) is 36.8 Å². The van der Waals surface area contributed by atoms with Crippen LogP contribution < -0.4 is 0 Å². The minimum atomic E-state index is 0.340. The van der Waals surface area contributed by atoms with Crippen molar-refractivity contribution < 1.29 is 5.11 Å². The Labute approximate surface area is 122 Å². The van der Waals surface area contributed by atoms with E-state index in [9.17, 15) is 5.11 Å². The predicted octanol–water partition coefficient (Wildman–Crippen LogP) is 4.54. The summed E-state index contributed by atoms with van der Waals surface area (Å²) in [6.07, 6.45) is 0. The molecule has 2 aromatic carbocycles. The number of benzene rings is 2. The molecule has 3 rings (SSSR count). The van der Waals surface area contributed by atoms with Crippen LogP contribution in [0, 0.1) is 6.92 Å². The van der Waals surface area contributed by atoms with Crippen LogP contribution in [-0.2, 0) is 5.75 Å². The highest BCUT2D eigenvalue weighted by Gasteiger charge is 2.06. The molecule has 2 nitrogen and oxygen atoms in total. The molecule has 0 saturated carbocycles. The first kappa shape index (κ1) is 13.0. The van der Waals surface area contributed by atoms with Gasteiger partial charge < -0.3 is 5.11 Å². The third-order valence-electron chi connectivity index (χ3n) is 3.18. The number of phenols is 1. The molecule has 20 heavy (non-hydrogen) atoms. The number of thioether (sulfide) groups is 1. The fraction of sp³-hybridized carbons (Fsp3) is 0.118. The molecule has 0 aliphatic carbocycles. The molecule has 0 saturated heterocycles. The zero-order valence-electron chi connectivity index (χ0n) is 11.2. The highest BCUT2D eigenvalue weighted by molar-refractivity contribution is 7.98. The van der Waals surface area contributed by atoms with E-state index >= 15 is 0 Å². The lowest BCUT2D eigenvalue weighted by atomic mass is 10.1. The van der Waals surface area contributed by atoms with E-state index in [-0.39, 0.29) is 0 Å². The fourth-order valence-corrected chi connectivity index (χ4v) is 3.19. The molecule has 3 heteroatoms. The molecule has 0 amide bonds. The van der Waals surface area contributed by atoms with Crippen LogP contribution in [0.5, 0.6) is 5.75 Å². The Morgan fingerprint density at radius 1 is 1.05 bits per heavy atom. The molecule has 0 atom stereocenters. The summed E-state index contributed by atoms with van der Waals surface area (Å²) < 4.78 is 0. The summed E-state index contributed by atoms with van der Waals surface area (Å²) >= 11 is 1.65. The zero-order valence-corrected chi connectivity index (χ0v) is 12.0. The van der Waals surface area contributed by atoms with E-state index in [0.29, 0.717) is 5.75 Å². The minimum absolute atomic E-state index is 0.340. The molecule has 1 heterocycles. The molecule has 100 valence electrons. The fourth-order valence-electron chi connectivity index (χ4n) is 2.25. The minimum Gasteiger partial charge on any atom is -0.507 e. The van der Waals surface area contributed by atoms with Crippen molar-refractivity contribution in [2.45, 2.75) is 17.6 Å². The van der Waals surface area contributed by atoms with Crippen molar-refractivity contribution in [3.63, 3.8) is 0 Å². The molecule has 0 unspecified atom stereocenters. The molecule has 0 aliphatic rings. The highest BCUT2D eigenvalue weighted by Crippen LogP contribution is 2.32. The van der Waals surface area contributed by atoms with Crippen molar-refractivity contribution in [2.24, 2.45) is 0 Å². The maximum atomic E-state index is 9.82. The van der Waals surface area contributed by atoms with Gasteiger partial charge in [0.2, 0.25) is 0 Å². The van der Waals surface area contributed by atoms with E-state index < -0.39 is 0 Å². The van der Waals surface area contributed by atoms with Crippen LogP contribution in [-0.4, -0.2) is 10.1 Å². The molecular weight excluding hydrogens is 266 g/mol. The Balaban J connectivity index is 1.93. The molecule has 3 aromatic rings. The number of hydrogen-bond acceptors (Lipinski definition) is 3. The molecule has 0 fully saturated rings. The van der Waals surface area contributed by atoms with Crippen LogP contribution in [0.3, 0.4) is 0 Å². The Morgan fingerprint density at radius 2 is 1.80 bits per heavy atom. The van der Waals surface area contributed by atoms with Gasteiger partial charge in [-0.15, -0.1) is 11.8 Å². The number of aromatic nitrogens is 1. The Hall–Kier alpha value is -2.00. The average Bonchev–Trinajstić information content (AvgIpc) is 2.46. The molecule has 0 radical (unpaired) electrons. The number of aryl methyl sites for hydroxylation is 1. The van der Waals surface area contributed by atoms with Gasteiger partial charge in [-0.3, -0.25) is 4.98 Å². The van der Waals surface area contributed by atoms with E-state index in [2.05, 4.69) is 17.1 Å². The monoisotopic (exact) mass is 281 g/mol. The van der Waals surface area contributed by atoms with E-state index in [1.54, 1.807) is 17.8 Å². The maximum Gasteiger partial charge on any atom is 0.129 e.